The van der Waals surface area contributed by atoms with Crippen LogP contribution in [0.3, 0.4) is 0 Å². The molecular formula is C11H13N. The Kier molecular flexibility index (Phi) is 1.86. The van der Waals surface area contributed by atoms with Crippen LogP contribution in [-0.2, 0) is 0 Å². The van der Waals surface area contributed by atoms with E-state index in [0.717, 1.165) is 25.1 Å². The maximum absolute atomic E-state index is 3.75. The Morgan fingerprint density at radius 3 is 2.92 bits per heavy atom. The molecule has 0 saturated heterocycles. The second kappa shape index (κ2) is 3.02. The third kappa shape index (κ3) is 1.22. The molecule has 0 atom stereocenters. The van der Waals surface area contributed by atoms with Crippen molar-refractivity contribution in [3.05, 3.63) is 47.7 Å². The molecule has 0 fully saturated rings. The van der Waals surface area contributed by atoms with Crippen molar-refractivity contribution < 1.29 is 0 Å². The monoisotopic (exact) mass is 159 g/mol. The number of allylic oxidation sites excluding steroid dienone is 4. The molecule has 0 spiro atoms. The van der Waals surface area contributed by atoms with Crippen LogP contribution in [0, 0.1) is 0 Å². The van der Waals surface area contributed by atoms with Crippen molar-refractivity contribution in [1.82, 2.24) is 5.32 Å². The molecule has 0 bridgehead atoms. The molecule has 1 heterocycles. The number of hydrogen-bond donors (Lipinski definition) is 1. The van der Waals surface area contributed by atoms with Gasteiger partial charge < -0.3 is 5.32 Å². The summed E-state index contributed by atoms with van der Waals surface area (Å²) in [5, 5.41) is 3.34. The summed E-state index contributed by atoms with van der Waals surface area (Å²) >= 11 is 0. The van der Waals surface area contributed by atoms with E-state index in [-0.39, 0.29) is 0 Å². The van der Waals surface area contributed by atoms with E-state index in [9.17, 15) is 0 Å². The normalized spacial score (nSPS) is 21.2. The van der Waals surface area contributed by atoms with Gasteiger partial charge in [0.05, 0.1) is 0 Å². The number of rotatable bonds is 1. The highest BCUT2D eigenvalue weighted by Crippen LogP contribution is 2.24. The number of fused-ring (bicyclic) bond motifs is 1. The van der Waals surface area contributed by atoms with Crippen LogP contribution in [0.1, 0.15) is 12.8 Å². The molecule has 2 aliphatic rings. The van der Waals surface area contributed by atoms with E-state index in [0.29, 0.717) is 0 Å². The van der Waals surface area contributed by atoms with Crippen molar-refractivity contribution >= 4 is 0 Å². The van der Waals surface area contributed by atoms with Gasteiger partial charge in [-0.3, -0.25) is 0 Å². The van der Waals surface area contributed by atoms with Gasteiger partial charge >= 0.3 is 0 Å². The van der Waals surface area contributed by atoms with Gasteiger partial charge in [-0.1, -0.05) is 24.8 Å². The molecule has 1 nitrogen and oxygen atoms in total. The molecule has 1 N–H and O–H groups in total. The maximum atomic E-state index is 3.75. The molecule has 0 radical (unpaired) electrons. The van der Waals surface area contributed by atoms with Gasteiger partial charge in [0.25, 0.3) is 0 Å². The van der Waals surface area contributed by atoms with Crippen molar-refractivity contribution in [2.45, 2.75) is 12.8 Å². The molecule has 1 aliphatic heterocycles. The van der Waals surface area contributed by atoms with E-state index >= 15 is 0 Å². The van der Waals surface area contributed by atoms with Crippen molar-refractivity contribution in [1.29, 1.82) is 0 Å². The first-order valence-corrected chi connectivity index (χ1v) is 4.35. The van der Waals surface area contributed by atoms with E-state index in [4.69, 9.17) is 0 Å². The molecule has 0 aromatic rings. The Bertz CT molecular complexity index is 292. The molecular weight excluding hydrogens is 146 g/mol. The highest BCUT2D eigenvalue weighted by atomic mass is 14.9. The minimum Gasteiger partial charge on any atom is -0.381 e. The van der Waals surface area contributed by atoms with E-state index in [1.807, 2.05) is 6.08 Å². The lowest BCUT2D eigenvalue weighted by atomic mass is 10.1. The van der Waals surface area contributed by atoms with E-state index < -0.39 is 0 Å². The number of nitrogens with one attached hydrogen (secondary N) is 1. The van der Waals surface area contributed by atoms with Crippen LogP contribution in [0.2, 0.25) is 0 Å². The van der Waals surface area contributed by atoms with Crippen molar-refractivity contribution in [3.8, 4) is 0 Å². The number of hydrogen-bond acceptors (Lipinski definition) is 1. The lowest BCUT2D eigenvalue weighted by molar-refractivity contribution is 0.917. The molecule has 0 unspecified atom stereocenters. The molecule has 0 aromatic carbocycles. The summed E-state index contributed by atoms with van der Waals surface area (Å²) in [6, 6.07) is 0. The SMILES string of the molecule is C=CC1=CCC2=CCC=C2CN1. The van der Waals surface area contributed by atoms with Crippen molar-refractivity contribution in [2.24, 2.45) is 0 Å². The molecule has 1 aliphatic carbocycles. The van der Waals surface area contributed by atoms with Crippen LogP contribution in [0.15, 0.2) is 47.7 Å². The summed E-state index contributed by atoms with van der Waals surface area (Å²) < 4.78 is 0. The van der Waals surface area contributed by atoms with Crippen LogP contribution in [0.4, 0.5) is 0 Å². The molecule has 1 heteroatoms. The molecule has 0 aromatic heterocycles. The van der Waals surface area contributed by atoms with Gasteiger partial charge in [-0.15, -0.1) is 0 Å². The Morgan fingerprint density at radius 1 is 1.25 bits per heavy atom. The molecule has 12 heavy (non-hydrogen) atoms. The summed E-state index contributed by atoms with van der Waals surface area (Å²) in [6.07, 6.45) is 10.8. The summed E-state index contributed by atoms with van der Waals surface area (Å²) in [6.45, 7) is 4.71. The van der Waals surface area contributed by atoms with E-state index in [1.165, 1.54) is 11.1 Å². The smallest absolute Gasteiger partial charge is 0.0400 e. The van der Waals surface area contributed by atoms with Gasteiger partial charge in [-0.2, -0.15) is 0 Å². The topological polar surface area (TPSA) is 12.0 Å². The standard InChI is InChI=1S/C11H13N/c1-2-11-7-6-9-4-3-5-10(9)8-12-11/h2,4-5,7,12H,1,3,6,8H2. The van der Waals surface area contributed by atoms with E-state index in [1.54, 1.807) is 0 Å². The quantitative estimate of drug-likeness (QED) is 0.619. The highest BCUT2D eigenvalue weighted by Gasteiger charge is 2.11. The van der Waals surface area contributed by atoms with Gasteiger partial charge in [0, 0.05) is 12.2 Å². The van der Waals surface area contributed by atoms with E-state index in [2.05, 4.69) is 30.1 Å². The Hall–Kier alpha value is -1.24. The zero-order valence-corrected chi connectivity index (χ0v) is 7.14. The van der Waals surface area contributed by atoms with Crippen LogP contribution >= 0.6 is 0 Å². The van der Waals surface area contributed by atoms with Gasteiger partial charge in [-0.05, 0) is 30.1 Å². The van der Waals surface area contributed by atoms with Gasteiger partial charge in [0.2, 0.25) is 0 Å². The second-order valence-electron chi connectivity index (χ2n) is 3.12. The lowest BCUT2D eigenvalue weighted by Crippen LogP contribution is -2.13. The first-order chi connectivity index (χ1) is 5.90. The average Bonchev–Trinajstić information content (AvgIpc) is 2.46. The zero-order valence-electron chi connectivity index (χ0n) is 7.14. The lowest BCUT2D eigenvalue weighted by Gasteiger charge is -2.04. The minimum absolute atomic E-state index is 0.962. The third-order valence-corrected chi connectivity index (χ3v) is 2.39. The first kappa shape index (κ1) is 7.41. The largest absolute Gasteiger partial charge is 0.381 e. The summed E-state index contributed by atoms with van der Waals surface area (Å²) in [4.78, 5) is 0. The minimum atomic E-state index is 0.962. The van der Waals surface area contributed by atoms with Crippen LogP contribution in [-0.4, -0.2) is 6.54 Å². The van der Waals surface area contributed by atoms with Gasteiger partial charge in [0.1, 0.15) is 0 Å². The Balaban J connectivity index is 2.21. The molecule has 2 rings (SSSR count). The van der Waals surface area contributed by atoms with Crippen molar-refractivity contribution in [2.75, 3.05) is 6.54 Å². The van der Waals surface area contributed by atoms with Crippen LogP contribution < -0.4 is 5.32 Å². The predicted molar refractivity (Wildman–Crippen MR) is 51.7 cm³/mol. The fraction of sp³-hybridized carbons (Fsp3) is 0.273. The Labute approximate surface area is 73.2 Å². The molecule has 62 valence electrons. The fourth-order valence-corrected chi connectivity index (χ4v) is 1.65. The first-order valence-electron chi connectivity index (χ1n) is 4.35. The molecule has 0 saturated carbocycles. The van der Waals surface area contributed by atoms with Crippen molar-refractivity contribution in [3.63, 3.8) is 0 Å². The fourth-order valence-electron chi connectivity index (χ4n) is 1.65. The average molecular weight is 159 g/mol. The van der Waals surface area contributed by atoms with Crippen LogP contribution in [0.25, 0.3) is 0 Å². The third-order valence-electron chi connectivity index (χ3n) is 2.39. The zero-order chi connectivity index (χ0) is 8.39. The second-order valence-corrected chi connectivity index (χ2v) is 3.12. The van der Waals surface area contributed by atoms with Gasteiger partial charge in [-0.25, -0.2) is 0 Å². The Morgan fingerprint density at radius 2 is 2.08 bits per heavy atom. The van der Waals surface area contributed by atoms with Crippen LogP contribution in [0.5, 0.6) is 0 Å². The predicted octanol–water partition coefficient (Wildman–Crippen LogP) is 2.31. The maximum Gasteiger partial charge on any atom is 0.0400 e. The molecule has 0 amide bonds. The summed E-state index contributed by atoms with van der Waals surface area (Å²) in [5.41, 5.74) is 4.11. The highest BCUT2D eigenvalue weighted by molar-refractivity contribution is 5.42. The summed E-state index contributed by atoms with van der Waals surface area (Å²) in [5.74, 6) is 0. The summed E-state index contributed by atoms with van der Waals surface area (Å²) in [7, 11) is 0. The van der Waals surface area contributed by atoms with Gasteiger partial charge in [0.15, 0.2) is 0 Å².